The van der Waals surface area contributed by atoms with E-state index >= 15 is 0 Å². The summed E-state index contributed by atoms with van der Waals surface area (Å²) in [6, 6.07) is 20.9. The molecule has 0 spiro atoms. The lowest BCUT2D eigenvalue weighted by Gasteiger charge is -2.12. The highest BCUT2D eigenvalue weighted by atomic mass is 35.5. The van der Waals surface area contributed by atoms with Crippen molar-refractivity contribution in [2.24, 2.45) is 0 Å². The van der Waals surface area contributed by atoms with Crippen LogP contribution >= 0.6 is 11.6 Å². The number of amides is 1. The van der Waals surface area contributed by atoms with E-state index < -0.39 is 10.0 Å². The van der Waals surface area contributed by atoms with E-state index in [0.717, 1.165) is 5.56 Å². The second-order valence-electron chi connectivity index (χ2n) is 6.96. The van der Waals surface area contributed by atoms with E-state index in [9.17, 15) is 13.2 Å². The van der Waals surface area contributed by atoms with E-state index in [1.807, 2.05) is 12.1 Å². The van der Waals surface area contributed by atoms with E-state index in [2.05, 4.69) is 16.6 Å². The minimum atomic E-state index is -3.45. The molecule has 6 nitrogen and oxygen atoms in total. The third-order valence-corrected chi connectivity index (χ3v) is 6.03. The molecule has 32 heavy (non-hydrogen) atoms. The van der Waals surface area contributed by atoms with Gasteiger partial charge in [-0.15, -0.1) is 6.58 Å². The Balaban J connectivity index is 1.64. The average Bonchev–Trinajstić information content (AvgIpc) is 2.78. The third kappa shape index (κ3) is 6.95. The van der Waals surface area contributed by atoms with Gasteiger partial charge < -0.3 is 10.1 Å². The van der Waals surface area contributed by atoms with Crippen LogP contribution in [0, 0.1) is 0 Å². The second-order valence-corrected chi connectivity index (χ2v) is 9.20. The van der Waals surface area contributed by atoms with Crippen LogP contribution in [0.25, 0.3) is 0 Å². The minimum Gasteiger partial charge on any atom is -0.488 e. The normalized spacial score (nSPS) is 11.0. The van der Waals surface area contributed by atoms with E-state index in [4.69, 9.17) is 16.3 Å². The average molecular weight is 471 g/mol. The topological polar surface area (TPSA) is 84.5 Å². The summed E-state index contributed by atoms with van der Waals surface area (Å²) in [5.74, 6) is -0.0307. The number of rotatable bonds is 10. The predicted octanol–water partition coefficient (Wildman–Crippen LogP) is 4.78. The molecule has 8 heteroatoms. The first kappa shape index (κ1) is 23.5. The van der Waals surface area contributed by atoms with Gasteiger partial charge in [0.15, 0.2) is 0 Å². The second kappa shape index (κ2) is 10.9. The van der Waals surface area contributed by atoms with Gasteiger partial charge in [-0.1, -0.05) is 54.1 Å². The number of hydrogen-bond donors (Lipinski definition) is 2. The van der Waals surface area contributed by atoms with Gasteiger partial charge in [0.1, 0.15) is 12.4 Å². The summed E-state index contributed by atoms with van der Waals surface area (Å²) >= 11 is 5.90. The lowest BCUT2D eigenvalue weighted by Crippen LogP contribution is -2.25. The van der Waals surface area contributed by atoms with Gasteiger partial charge in [-0.25, -0.2) is 13.1 Å². The van der Waals surface area contributed by atoms with Crippen molar-refractivity contribution in [3.8, 4) is 5.75 Å². The Hall–Kier alpha value is -3.13. The Bertz CT molecular complexity index is 1180. The molecule has 0 radical (unpaired) electrons. The Morgan fingerprint density at radius 3 is 2.31 bits per heavy atom. The summed E-state index contributed by atoms with van der Waals surface area (Å²) in [5, 5.41) is 3.46. The molecule has 0 aliphatic carbocycles. The number of hydrogen-bond acceptors (Lipinski definition) is 4. The number of ether oxygens (including phenoxy) is 1. The van der Waals surface area contributed by atoms with Gasteiger partial charge >= 0.3 is 0 Å². The maximum atomic E-state index is 12.8. The fourth-order valence-electron chi connectivity index (χ4n) is 2.86. The zero-order valence-corrected chi connectivity index (χ0v) is 18.8. The van der Waals surface area contributed by atoms with Gasteiger partial charge in [0.2, 0.25) is 10.0 Å². The molecule has 0 fully saturated rings. The highest BCUT2D eigenvalue weighted by molar-refractivity contribution is 7.88. The fourth-order valence-corrected chi connectivity index (χ4v) is 4.09. The maximum Gasteiger partial charge on any atom is 0.259 e. The molecular weight excluding hydrogens is 448 g/mol. The molecule has 1 amide bonds. The van der Waals surface area contributed by atoms with Crippen LogP contribution in [-0.4, -0.2) is 20.9 Å². The first-order valence-electron chi connectivity index (χ1n) is 9.81. The summed E-state index contributed by atoms with van der Waals surface area (Å²) < 4.78 is 32.2. The summed E-state index contributed by atoms with van der Waals surface area (Å²) in [5.41, 5.74) is 2.47. The molecule has 0 saturated heterocycles. The molecule has 0 aromatic heterocycles. The van der Waals surface area contributed by atoms with Gasteiger partial charge in [0.05, 0.1) is 11.3 Å². The number of benzene rings is 3. The van der Waals surface area contributed by atoms with Gasteiger partial charge in [-0.2, -0.15) is 0 Å². The van der Waals surface area contributed by atoms with Crippen molar-refractivity contribution >= 4 is 33.2 Å². The Morgan fingerprint density at radius 1 is 0.969 bits per heavy atom. The van der Waals surface area contributed by atoms with E-state index in [-0.39, 0.29) is 18.2 Å². The van der Waals surface area contributed by atoms with Crippen LogP contribution in [0.5, 0.6) is 5.75 Å². The van der Waals surface area contributed by atoms with Crippen molar-refractivity contribution in [2.75, 3.05) is 11.9 Å². The molecule has 0 unspecified atom stereocenters. The van der Waals surface area contributed by atoms with E-state index in [0.29, 0.717) is 34.2 Å². The van der Waals surface area contributed by atoms with Crippen LogP contribution in [-0.2, 0) is 22.4 Å². The van der Waals surface area contributed by atoms with E-state index in [1.54, 1.807) is 60.7 Å². The molecule has 2 N–H and O–H groups in total. The molecule has 0 bridgehead atoms. The van der Waals surface area contributed by atoms with Crippen molar-refractivity contribution in [1.82, 2.24) is 4.72 Å². The summed E-state index contributed by atoms with van der Waals surface area (Å²) in [4.78, 5) is 12.8. The van der Waals surface area contributed by atoms with Crippen molar-refractivity contribution in [1.29, 1.82) is 0 Å². The van der Waals surface area contributed by atoms with Crippen LogP contribution in [0.1, 0.15) is 21.5 Å². The van der Waals surface area contributed by atoms with Crippen LogP contribution in [0.15, 0.2) is 85.5 Å². The minimum absolute atomic E-state index is 0.156. The van der Waals surface area contributed by atoms with Gasteiger partial charge in [-0.3, -0.25) is 4.79 Å². The summed E-state index contributed by atoms with van der Waals surface area (Å²) in [6.07, 6.45) is 1.48. The molecule has 3 aromatic rings. The van der Waals surface area contributed by atoms with E-state index in [1.165, 1.54) is 6.08 Å². The molecule has 0 aliphatic heterocycles. The van der Waals surface area contributed by atoms with Crippen LogP contribution in [0.2, 0.25) is 5.02 Å². The standard InChI is InChI=1S/C24H23ClN2O4S/c1-2-15-26-32(29,30)17-19-9-13-21(14-10-19)27-24(28)22-5-3-4-6-23(22)31-16-18-7-11-20(25)12-8-18/h2-14,26H,1,15-17H2,(H,27,28). The third-order valence-electron chi connectivity index (χ3n) is 4.46. The highest BCUT2D eigenvalue weighted by Gasteiger charge is 2.14. The fraction of sp³-hybridized carbons (Fsp3) is 0.125. The molecule has 0 aliphatic rings. The molecule has 3 rings (SSSR count). The van der Waals surface area contributed by atoms with Crippen molar-refractivity contribution in [2.45, 2.75) is 12.4 Å². The smallest absolute Gasteiger partial charge is 0.259 e. The Morgan fingerprint density at radius 2 is 1.62 bits per heavy atom. The first-order valence-corrected chi connectivity index (χ1v) is 11.8. The number of anilines is 1. The maximum absolute atomic E-state index is 12.8. The van der Waals surface area contributed by atoms with Crippen LogP contribution in [0.4, 0.5) is 5.69 Å². The monoisotopic (exact) mass is 470 g/mol. The lowest BCUT2D eigenvalue weighted by atomic mass is 10.1. The molecule has 0 atom stereocenters. The number of para-hydroxylation sites is 1. The lowest BCUT2D eigenvalue weighted by molar-refractivity contribution is 0.102. The van der Waals surface area contributed by atoms with Crippen molar-refractivity contribution in [3.05, 3.63) is 107 Å². The summed E-state index contributed by atoms with van der Waals surface area (Å²) in [6.45, 7) is 3.96. The quantitative estimate of drug-likeness (QED) is 0.418. The SMILES string of the molecule is C=CCNS(=O)(=O)Cc1ccc(NC(=O)c2ccccc2OCc2ccc(Cl)cc2)cc1. The van der Waals surface area contributed by atoms with Crippen molar-refractivity contribution in [3.63, 3.8) is 0 Å². The zero-order valence-electron chi connectivity index (χ0n) is 17.3. The zero-order chi connectivity index (χ0) is 23.0. The first-order chi connectivity index (χ1) is 15.4. The number of nitrogens with one attached hydrogen (secondary N) is 2. The molecular formula is C24H23ClN2O4S. The van der Waals surface area contributed by atoms with Gasteiger partial charge in [0.25, 0.3) is 5.91 Å². The molecule has 0 saturated carbocycles. The van der Waals surface area contributed by atoms with Crippen LogP contribution < -0.4 is 14.8 Å². The van der Waals surface area contributed by atoms with Gasteiger partial charge in [-0.05, 0) is 47.5 Å². The Labute approximate surface area is 192 Å². The molecule has 3 aromatic carbocycles. The number of sulfonamides is 1. The number of halogens is 1. The highest BCUT2D eigenvalue weighted by Crippen LogP contribution is 2.22. The predicted molar refractivity (Wildman–Crippen MR) is 127 cm³/mol. The number of carbonyl (C=O) groups excluding carboxylic acids is 1. The van der Waals surface area contributed by atoms with Crippen molar-refractivity contribution < 1.29 is 17.9 Å². The Kier molecular flexibility index (Phi) is 8.05. The molecule has 166 valence electrons. The van der Waals surface area contributed by atoms with Crippen LogP contribution in [0.3, 0.4) is 0 Å². The van der Waals surface area contributed by atoms with Gasteiger partial charge in [0, 0.05) is 17.3 Å². The largest absolute Gasteiger partial charge is 0.488 e. The molecule has 0 heterocycles. The number of carbonyl (C=O) groups is 1. The summed E-state index contributed by atoms with van der Waals surface area (Å²) in [7, 11) is -3.45.